The molecule has 1 saturated heterocycles. The third-order valence-electron chi connectivity index (χ3n) is 20.1. The maximum atomic E-state index is 15.5. The van der Waals surface area contributed by atoms with Crippen molar-refractivity contribution in [3.63, 3.8) is 0 Å². The molecule has 3 aliphatic carbocycles. The van der Waals surface area contributed by atoms with E-state index in [4.69, 9.17) is 30.4 Å². The van der Waals surface area contributed by atoms with Gasteiger partial charge < -0.3 is 61.9 Å². The third kappa shape index (κ3) is 16.4. The van der Waals surface area contributed by atoms with Gasteiger partial charge in [-0.2, -0.15) is 0 Å². The average Bonchev–Trinajstić information content (AvgIpc) is 0.674. The van der Waals surface area contributed by atoms with E-state index in [-0.39, 0.29) is 68.4 Å². The summed E-state index contributed by atoms with van der Waals surface area (Å²) in [5.74, 6) is -13.5. The second kappa shape index (κ2) is 31.5. The van der Waals surface area contributed by atoms with Crippen LogP contribution in [-0.2, 0) is 62.1 Å². The number of ether oxygens (including phenoxy) is 4. The minimum absolute atomic E-state index is 0.0225. The fourth-order valence-corrected chi connectivity index (χ4v) is 14.5. The Morgan fingerprint density at radius 1 is 0.776 bits per heavy atom. The summed E-state index contributed by atoms with van der Waals surface area (Å²) in [4.78, 5) is 150. The number of unbranched alkanes of at least 4 members (excludes halogenated alkanes) is 1. The molecule has 3 fully saturated rings. The summed E-state index contributed by atoms with van der Waals surface area (Å²) >= 11 is 0. The van der Waals surface area contributed by atoms with Crippen molar-refractivity contribution < 1.29 is 90.7 Å². The molecule has 14 atom stereocenters. The monoisotopic (exact) mass is 1360 g/mol. The lowest BCUT2D eigenvalue weighted by Crippen LogP contribution is -2.77. The van der Waals surface area contributed by atoms with Gasteiger partial charge in [-0.3, -0.25) is 43.2 Å². The van der Waals surface area contributed by atoms with Gasteiger partial charge in [0.05, 0.1) is 42.3 Å². The molecule has 1 heterocycles. The molecule has 98 heavy (non-hydrogen) atoms. The van der Waals surface area contributed by atoms with E-state index < -0.39 is 190 Å². The van der Waals surface area contributed by atoms with E-state index >= 15 is 9.59 Å². The fraction of sp³-hybridized carbons (Fsp3) is 0.466. The highest BCUT2D eigenvalue weighted by atomic mass is 19.1. The second-order valence-corrected chi connectivity index (χ2v) is 26.9. The van der Waals surface area contributed by atoms with Crippen molar-refractivity contribution in [3.05, 3.63) is 160 Å². The predicted molar refractivity (Wildman–Crippen MR) is 351 cm³/mol. The Morgan fingerprint density at radius 2 is 1.42 bits per heavy atom. The molecule has 10 N–H and O–H groups in total. The minimum atomic E-state index is -2.17. The van der Waals surface area contributed by atoms with Gasteiger partial charge in [0.1, 0.15) is 47.3 Å². The molecule has 4 aromatic rings. The maximum absolute atomic E-state index is 15.5. The first kappa shape index (κ1) is 74.5. The summed E-state index contributed by atoms with van der Waals surface area (Å²) < 4.78 is 52.4. The Balaban J connectivity index is 0.929. The van der Waals surface area contributed by atoms with Crippen LogP contribution in [0.2, 0.25) is 0 Å². The smallest absolute Gasteiger partial charge is 0.350 e. The molecule has 23 nitrogen and oxygen atoms in total. The number of primary amides is 2. The number of aliphatic hydroxyl groups is 2. The normalized spacial score (nSPS) is 25.3. The lowest BCUT2D eigenvalue weighted by Gasteiger charge is -2.68. The van der Waals surface area contributed by atoms with Crippen molar-refractivity contribution in [2.24, 2.45) is 45.5 Å². The molecule has 1 aliphatic heterocycles. The van der Waals surface area contributed by atoms with Crippen molar-refractivity contribution in [2.45, 2.75) is 167 Å². The summed E-state index contributed by atoms with van der Waals surface area (Å²) in [7, 11) is 0. The van der Waals surface area contributed by atoms with Crippen LogP contribution in [-0.4, -0.2) is 136 Å². The molecule has 0 radical (unpaired) electrons. The lowest BCUT2D eigenvalue weighted by molar-refractivity contribution is -0.312. The van der Waals surface area contributed by atoms with E-state index in [1.54, 1.807) is 113 Å². The quantitative estimate of drug-likeness (QED) is 0.0100. The zero-order valence-electron chi connectivity index (χ0n) is 55.8. The van der Waals surface area contributed by atoms with Gasteiger partial charge in [0.2, 0.25) is 35.6 Å². The lowest BCUT2D eigenvalue weighted by atomic mass is 9.41. The number of aliphatic hydroxyl groups excluding tert-OH is 1. The van der Waals surface area contributed by atoms with Crippen LogP contribution in [0.5, 0.6) is 0 Å². The van der Waals surface area contributed by atoms with E-state index in [9.17, 15) is 62.1 Å². The number of halogens is 2. The Bertz CT molecular complexity index is 3740. The summed E-state index contributed by atoms with van der Waals surface area (Å²) in [5.41, 5.74) is 6.34. The van der Waals surface area contributed by atoms with Crippen LogP contribution in [0.1, 0.15) is 151 Å². The number of esters is 3. The molecule has 4 aromatic carbocycles. The fourth-order valence-electron chi connectivity index (χ4n) is 14.5. The number of hydrogen-bond acceptors (Lipinski definition) is 17. The van der Waals surface area contributed by atoms with E-state index in [1.807, 2.05) is 6.92 Å². The molecule has 8 rings (SSSR count). The summed E-state index contributed by atoms with van der Waals surface area (Å²) in [6, 6.07) is 23.3. The number of amides is 6. The highest BCUT2D eigenvalue weighted by Gasteiger charge is 2.75. The first-order valence-electron chi connectivity index (χ1n) is 32.8. The maximum Gasteiger partial charge on any atom is 0.350 e. The zero-order chi connectivity index (χ0) is 71.6. The molecule has 2 bridgehead atoms. The van der Waals surface area contributed by atoms with Crippen LogP contribution in [0.25, 0.3) is 6.08 Å². The number of rotatable bonds is 29. The van der Waals surface area contributed by atoms with Gasteiger partial charge in [0.15, 0.2) is 5.78 Å². The number of Topliss-reactive ketones (excluding diaryl/α,β-unsaturated/α-hetero) is 2. The third-order valence-corrected chi connectivity index (χ3v) is 20.1. The van der Waals surface area contributed by atoms with Crippen LogP contribution in [0, 0.1) is 45.6 Å². The van der Waals surface area contributed by atoms with Gasteiger partial charge in [-0.25, -0.2) is 18.4 Å². The van der Waals surface area contributed by atoms with E-state index in [0.717, 1.165) is 24.3 Å². The Labute approximate surface area is 566 Å². The molecular formula is C73H86F2N6O17. The number of carbonyl (C=O) groups excluding carboxylic acids is 11. The topological polar surface area (TPSA) is 365 Å². The Kier molecular flexibility index (Phi) is 23.9. The molecule has 524 valence electrons. The van der Waals surface area contributed by atoms with Gasteiger partial charge in [-0.05, 0) is 106 Å². The summed E-state index contributed by atoms with van der Waals surface area (Å²) in [6.45, 7) is 11.8. The van der Waals surface area contributed by atoms with Crippen molar-refractivity contribution in [2.75, 3.05) is 13.2 Å². The minimum Gasteiger partial charge on any atom is -0.455 e. The Morgan fingerprint density at radius 3 is 2.03 bits per heavy atom. The van der Waals surface area contributed by atoms with Crippen LogP contribution in [0.15, 0.2) is 126 Å². The van der Waals surface area contributed by atoms with Gasteiger partial charge >= 0.3 is 17.9 Å². The van der Waals surface area contributed by atoms with Crippen molar-refractivity contribution in [1.29, 1.82) is 0 Å². The number of fused-ring (bicyclic) bond motifs is 5. The number of carbonyl (C=O) groups is 11. The first-order valence-corrected chi connectivity index (χ1v) is 32.8. The molecule has 0 aromatic heterocycles. The highest BCUT2D eigenvalue weighted by Crippen LogP contribution is 2.66. The standard InChI is InChI=1S/C73H86F2N6O17/c1-40-52(38-73(94)64(98-68(92)46-23-15-10-16-24-46)62-71(6)39-95-54(71)37-53(83)72(62,7)63(88)41(2)59(40)70(73,4)5)96-69(93)61(60(44-19-11-8-12-20-44)81-67(91)45-21-13-9-14-22-45)97-58(87)33-32-55(84)78-34-18-17-25-50(66(77)90)80-57(86)31-28-47(65(76)89)35-51(82)42(3)79-56(85)30-27-43-26-29-48(74)36-49(43)75/h8-16,19-24,26-27,29-30,36,41-42,47,50,52-54,60-62,64,83,94H,17-18,25,28,31-35,37-39H2,1-7H3,(H2,76,89)(H2,77,90)(H,78,84)(H,79,85)(H,80,86)(H,81,91)/b30-27+/t41-,42?,47-,50?,52+,53+,54-,60+,61-,62-,64+,71-,72-,73-/m1/s1. The summed E-state index contributed by atoms with van der Waals surface area (Å²) in [5, 5.41) is 36.5. The van der Waals surface area contributed by atoms with Crippen LogP contribution < -0.4 is 32.7 Å². The Hall–Kier alpha value is -9.33. The second-order valence-electron chi connectivity index (χ2n) is 26.9. The predicted octanol–water partition coefficient (Wildman–Crippen LogP) is 6.07. The van der Waals surface area contributed by atoms with E-state index in [0.29, 0.717) is 22.8 Å². The van der Waals surface area contributed by atoms with Crippen molar-refractivity contribution in [3.8, 4) is 0 Å². The van der Waals surface area contributed by atoms with Crippen molar-refractivity contribution >= 4 is 71.0 Å². The molecule has 4 aliphatic rings. The van der Waals surface area contributed by atoms with E-state index in [2.05, 4.69) is 21.3 Å². The molecule has 2 saturated carbocycles. The first-order chi connectivity index (χ1) is 46.3. The number of nitrogens with two attached hydrogens (primary N) is 2. The molecule has 2 unspecified atom stereocenters. The van der Waals surface area contributed by atoms with Crippen LogP contribution in [0.3, 0.4) is 0 Å². The summed E-state index contributed by atoms with van der Waals surface area (Å²) in [6.07, 6.45) is -6.65. The number of hydrogen-bond donors (Lipinski definition) is 8. The van der Waals surface area contributed by atoms with Gasteiger partial charge in [-0.15, -0.1) is 0 Å². The molecular weight excluding hydrogens is 1270 g/mol. The molecule has 25 heteroatoms. The highest BCUT2D eigenvalue weighted by molar-refractivity contribution is 5.98. The SMILES string of the molecule is CC1=C2[C@@H](C)C(=O)[C@@]3(C)[C@H]([C@H](OC(=O)c4ccccc4)[C@](O)(C[C@@H]1OC(=O)[C@H](OC(=O)CCC(=O)NCCCCC(NC(=O)CC[C@H](CC(=O)C(C)NC(=O)/C=C/c1ccc(F)cc1F)C(N)=O)C(N)=O)[C@@H](NC(=O)c1ccccc1)c1ccccc1)C2(C)C)[C@]1(C)CO[C@@H]1C[C@@H]3O. The molecule has 0 spiro atoms. The van der Waals surface area contributed by atoms with Gasteiger partial charge in [0.25, 0.3) is 5.91 Å². The zero-order valence-corrected chi connectivity index (χ0v) is 55.8. The number of ketones is 2. The number of benzene rings is 4. The van der Waals surface area contributed by atoms with Crippen molar-refractivity contribution in [1.82, 2.24) is 21.3 Å². The van der Waals surface area contributed by atoms with Gasteiger partial charge in [0, 0.05) is 90.5 Å². The average molecular weight is 1360 g/mol. The number of nitrogens with one attached hydrogen (secondary N) is 4. The van der Waals surface area contributed by atoms with Crippen LogP contribution in [0.4, 0.5) is 8.78 Å². The van der Waals surface area contributed by atoms with Gasteiger partial charge in [-0.1, -0.05) is 94.4 Å². The largest absolute Gasteiger partial charge is 0.455 e. The van der Waals surface area contributed by atoms with Crippen LogP contribution >= 0.6 is 0 Å². The molecule has 6 amide bonds. The van der Waals surface area contributed by atoms with E-state index in [1.165, 1.54) is 19.1 Å².